The van der Waals surface area contributed by atoms with Crippen molar-refractivity contribution in [2.24, 2.45) is 16.8 Å². The highest BCUT2D eigenvalue weighted by Crippen LogP contribution is 2.45. The van der Waals surface area contributed by atoms with Crippen LogP contribution in [0.25, 0.3) is 11.3 Å². The SMILES string of the molecule is C[C@@H](C(=O)Nc1cncc(-c2cnc(N3CC4CC4C3)nc2)n1)N1C=NC2C1C(=O)N(CC#N)C(=O)N2C. The fraction of sp³-hybridized carbons (Fsp3) is 0.458. The van der Waals surface area contributed by atoms with Gasteiger partial charge in [-0.05, 0) is 25.2 Å². The fourth-order valence-corrected chi connectivity index (χ4v) is 5.24. The lowest BCUT2D eigenvalue weighted by Gasteiger charge is -2.41. The van der Waals surface area contributed by atoms with Crippen LogP contribution in [0.3, 0.4) is 0 Å². The first-order valence-electron chi connectivity index (χ1n) is 12.3. The molecule has 3 aliphatic heterocycles. The molecular weight excluding hydrogens is 490 g/mol. The second kappa shape index (κ2) is 9.02. The molecule has 2 aromatic heterocycles. The number of amides is 4. The van der Waals surface area contributed by atoms with Crippen molar-refractivity contribution in [3.8, 4) is 17.3 Å². The van der Waals surface area contributed by atoms with Crippen molar-refractivity contribution in [2.75, 3.05) is 36.9 Å². The molecule has 2 saturated heterocycles. The van der Waals surface area contributed by atoms with Gasteiger partial charge in [-0.1, -0.05) is 0 Å². The Kier molecular flexibility index (Phi) is 5.63. The Morgan fingerprint density at radius 1 is 1.18 bits per heavy atom. The van der Waals surface area contributed by atoms with E-state index in [1.807, 2.05) is 6.07 Å². The predicted molar refractivity (Wildman–Crippen MR) is 133 cm³/mol. The van der Waals surface area contributed by atoms with Gasteiger partial charge in [0, 0.05) is 38.1 Å². The van der Waals surface area contributed by atoms with Gasteiger partial charge < -0.3 is 20.0 Å². The summed E-state index contributed by atoms with van der Waals surface area (Å²) in [5, 5.41) is 11.8. The van der Waals surface area contributed by atoms with Crippen LogP contribution in [0.1, 0.15) is 13.3 Å². The monoisotopic (exact) mass is 515 g/mol. The number of fused-ring (bicyclic) bond motifs is 2. The highest BCUT2D eigenvalue weighted by atomic mass is 16.2. The fourth-order valence-electron chi connectivity index (χ4n) is 5.24. The minimum absolute atomic E-state index is 0.226. The van der Waals surface area contributed by atoms with E-state index in [2.05, 4.69) is 35.1 Å². The molecule has 4 amide bonds. The highest BCUT2D eigenvalue weighted by molar-refractivity contribution is 6.03. The Hall–Kier alpha value is -4.67. The minimum atomic E-state index is -0.915. The van der Waals surface area contributed by atoms with Crippen LogP contribution in [-0.4, -0.2) is 104 Å². The quantitative estimate of drug-likeness (QED) is 0.525. The lowest BCUT2D eigenvalue weighted by molar-refractivity contribution is -0.138. The molecule has 4 unspecified atom stereocenters. The number of urea groups is 1. The molecule has 5 heterocycles. The van der Waals surface area contributed by atoms with Crippen LogP contribution in [0.2, 0.25) is 0 Å². The van der Waals surface area contributed by atoms with Crippen molar-refractivity contribution in [3.63, 3.8) is 0 Å². The lowest BCUT2D eigenvalue weighted by atomic mass is 10.1. The van der Waals surface area contributed by atoms with Crippen molar-refractivity contribution >= 4 is 36.0 Å². The standard InChI is InChI=1S/C24H25N11O3/c1-13(35-12-29-20-19(35)22(37)34(4-3-25)24(38)32(20)2)21(36)31-18-9-26-8-17(30-18)16-6-27-23(28-7-16)33-10-14-5-15(14)11-33/h6-9,12-15,19-20H,4-5,10-11H2,1-2H3,(H,30,31,36)/t13-,14?,15?,19?,20?/m0/s1. The van der Waals surface area contributed by atoms with Gasteiger partial charge in [0.25, 0.3) is 5.91 Å². The smallest absolute Gasteiger partial charge is 0.329 e. The largest absolute Gasteiger partial charge is 0.340 e. The molecule has 38 heavy (non-hydrogen) atoms. The molecule has 6 rings (SSSR count). The number of nitrogens with one attached hydrogen (secondary N) is 1. The summed E-state index contributed by atoms with van der Waals surface area (Å²) in [5.41, 5.74) is 1.17. The van der Waals surface area contributed by atoms with Gasteiger partial charge in [0.2, 0.25) is 11.9 Å². The molecule has 0 bridgehead atoms. The van der Waals surface area contributed by atoms with Gasteiger partial charge in [-0.2, -0.15) is 5.26 Å². The first kappa shape index (κ1) is 23.7. The van der Waals surface area contributed by atoms with Crippen LogP contribution >= 0.6 is 0 Å². The summed E-state index contributed by atoms with van der Waals surface area (Å²) < 4.78 is 0. The number of hydrogen-bond donors (Lipinski definition) is 1. The Bertz CT molecular complexity index is 1360. The zero-order chi connectivity index (χ0) is 26.6. The number of carbonyl (C=O) groups is 3. The lowest BCUT2D eigenvalue weighted by Crippen LogP contribution is -2.66. The molecule has 1 N–H and O–H groups in total. The van der Waals surface area contributed by atoms with Crippen molar-refractivity contribution in [1.82, 2.24) is 34.6 Å². The Labute approximate surface area is 218 Å². The molecule has 0 radical (unpaired) electrons. The molecule has 4 aliphatic rings. The number of aromatic nitrogens is 4. The minimum Gasteiger partial charge on any atom is -0.340 e. The normalized spacial score (nSPS) is 26.2. The number of imide groups is 1. The molecule has 0 spiro atoms. The van der Waals surface area contributed by atoms with E-state index >= 15 is 0 Å². The van der Waals surface area contributed by atoms with Gasteiger partial charge in [0.05, 0.1) is 30.5 Å². The average Bonchev–Trinajstić information content (AvgIpc) is 3.32. The summed E-state index contributed by atoms with van der Waals surface area (Å²) >= 11 is 0. The van der Waals surface area contributed by atoms with Gasteiger partial charge in [-0.15, -0.1) is 0 Å². The maximum Gasteiger partial charge on any atom is 0.329 e. The van der Waals surface area contributed by atoms with E-state index in [0.717, 1.165) is 29.8 Å². The van der Waals surface area contributed by atoms with Gasteiger partial charge in [-0.3, -0.25) is 14.6 Å². The molecule has 0 aromatic carbocycles. The molecule has 1 aliphatic carbocycles. The summed E-state index contributed by atoms with van der Waals surface area (Å²) in [5.74, 6) is 1.47. The topological polar surface area (TPSA) is 164 Å². The van der Waals surface area contributed by atoms with E-state index in [1.54, 1.807) is 25.5 Å². The van der Waals surface area contributed by atoms with E-state index in [-0.39, 0.29) is 12.4 Å². The van der Waals surface area contributed by atoms with Crippen LogP contribution in [0.4, 0.5) is 16.6 Å². The van der Waals surface area contributed by atoms with E-state index in [1.165, 1.54) is 35.8 Å². The highest BCUT2D eigenvalue weighted by Gasteiger charge is 2.51. The predicted octanol–water partition coefficient (Wildman–Crippen LogP) is 0.173. The van der Waals surface area contributed by atoms with E-state index < -0.39 is 36.1 Å². The summed E-state index contributed by atoms with van der Waals surface area (Å²) in [6.07, 6.45) is 8.31. The number of likely N-dealkylation sites (N-methyl/N-ethyl adjacent to an activating group) is 1. The summed E-state index contributed by atoms with van der Waals surface area (Å²) in [7, 11) is 1.51. The summed E-state index contributed by atoms with van der Waals surface area (Å²) in [6.45, 7) is 3.24. The number of hydrogen-bond acceptors (Lipinski definition) is 11. The van der Waals surface area contributed by atoms with Crippen LogP contribution < -0.4 is 10.2 Å². The Morgan fingerprint density at radius 2 is 1.92 bits per heavy atom. The zero-order valence-corrected chi connectivity index (χ0v) is 20.8. The number of piperidine rings is 1. The average molecular weight is 516 g/mol. The molecule has 2 aromatic rings. The maximum atomic E-state index is 13.1. The Balaban J connectivity index is 1.14. The first-order valence-corrected chi connectivity index (χ1v) is 12.3. The number of aliphatic imine (C=N–C) groups is 1. The van der Waals surface area contributed by atoms with Crippen molar-refractivity contribution in [1.29, 1.82) is 5.26 Å². The summed E-state index contributed by atoms with van der Waals surface area (Å²) in [4.78, 5) is 66.4. The van der Waals surface area contributed by atoms with Gasteiger partial charge in [-0.25, -0.2) is 29.6 Å². The number of nitrogens with zero attached hydrogens (tertiary/aromatic N) is 10. The number of anilines is 2. The van der Waals surface area contributed by atoms with Gasteiger partial charge in [0.15, 0.2) is 18.0 Å². The van der Waals surface area contributed by atoms with E-state index in [4.69, 9.17) is 5.26 Å². The van der Waals surface area contributed by atoms with Crippen molar-refractivity contribution < 1.29 is 14.4 Å². The molecule has 1 saturated carbocycles. The Morgan fingerprint density at radius 3 is 2.63 bits per heavy atom. The molecule has 14 nitrogen and oxygen atoms in total. The van der Waals surface area contributed by atoms with Crippen molar-refractivity contribution in [2.45, 2.75) is 31.6 Å². The first-order chi connectivity index (χ1) is 18.4. The second-order valence-electron chi connectivity index (χ2n) is 9.93. The number of rotatable bonds is 6. The third-order valence-electron chi connectivity index (χ3n) is 7.54. The third kappa shape index (κ3) is 3.96. The van der Waals surface area contributed by atoms with Gasteiger partial charge >= 0.3 is 6.03 Å². The maximum absolute atomic E-state index is 13.1. The number of nitriles is 1. The van der Waals surface area contributed by atoms with Crippen LogP contribution in [-0.2, 0) is 9.59 Å². The van der Waals surface area contributed by atoms with E-state index in [9.17, 15) is 14.4 Å². The molecular formula is C24H25N11O3. The molecule has 3 fully saturated rings. The van der Waals surface area contributed by atoms with Crippen LogP contribution in [0.5, 0.6) is 0 Å². The van der Waals surface area contributed by atoms with Crippen molar-refractivity contribution in [3.05, 3.63) is 24.8 Å². The molecule has 14 heteroatoms. The zero-order valence-electron chi connectivity index (χ0n) is 20.8. The van der Waals surface area contributed by atoms with Gasteiger partial charge in [0.1, 0.15) is 12.6 Å². The van der Waals surface area contributed by atoms with E-state index in [0.29, 0.717) is 17.2 Å². The third-order valence-corrected chi connectivity index (χ3v) is 7.54. The number of carbonyl (C=O) groups excluding carboxylic acids is 3. The van der Waals surface area contributed by atoms with Crippen LogP contribution in [0, 0.1) is 23.2 Å². The van der Waals surface area contributed by atoms with Crippen LogP contribution in [0.15, 0.2) is 29.8 Å². The summed E-state index contributed by atoms with van der Waals surface area (Å²) in [6, 6.07) is -0.518. The molecule has 194 valence electrons. The second-order valence-corrected chi connectivity index (χ2v) is 9.93. The molecule has 5 atom stereocenters.